The molecule has 94 valence electrons. The maximum atomic E-state index is 5.46. The van der Waals surface area contributed by atoms with Gasteiger partial charge in [0.2, 0.25) is 0 Å². The normalized spacial score (nSPS) is 13.4. The number of rotatable bonds is 7. The number of hydrogen-bond acceptors (Lipinski definition) is 2. The van der Waals surface area contributed by atoms with E-state index >= 15 is 0 Å². The summed E-state index contributed by atoms with van der Waals surface area (Å²) in [5.41, 5.74) is 1.30. The lowest BCUT2D eigenvalue weighted by Crippen LogP contribution is -2.14. The Hall–Kier alpha value is -1.12. The largest absolute Gasteiger partial charge is 0.349 e. The van der Waals surface area contributed by atoms with Gasteiger partial charge in [-0.15, -0.1) is 0 Å². The van der Waals surface area contributed by atoms with Crippen LogP contribution in [0.15, 0.2) is 42.5 Å². The summed E-state index contributed by atoms with van der Waals surface area (Å²) in [6.45, 7) is 7.44. The number of allylic oxidation sites excluding steroid dienone is 1. The van der Waals surface area contributed by atoms with Gasteiger partial charge in [0.1, 0.15) is 0 Å². The lowest BCUT2D eigenvalue weighted by atomic mass is 10.0. The number of benzene rings is 1. The summed E-state index contributed by atoms with van der Waals surface area (Å²) < 4.78 is 10.9. The van der Waals surface area contributed by atoms with Gasteiger partial charge in [-0.1, -0.05) is 43.3 Å². The summed E-state index contributed by atoms with van der Waals surface area (Å²) >= 11 is 0. The van der Waals surface area contributed by atoms with Crippen molar-refractivity contribution in [2.24, 2.45) is 0 Å². The van der Waals surface area contributed by atoms with Crippen LogP contribution in [0.2, 0.25) is 0 Å². The predicted octanol–water partition coefficient (Wildman–Crippen LogP) is 3.75. The summed E-state index contributed by atoms with van der Waals surface area (Å²) in [5.74, 6) is 0.375. The summed E-state index contributed by atoms with van der Waals surface area (Å²) in [6, 6.07) is 10.4. The van der Waals surface area contributed by atoms with Gasteiger partial charge < -0.3 is 9.47 Å². The molecule has 1 unspecified atom stereocenters. The van der Waals surface area contributed by atoms with Crippen LogP contribution in [0.1, 0.15) is 32.3 Å². The lowest BCUT2D eigenvalue weighted by molar-refractivity contribution is -0.104. The van der Waals surface area contributed by atoms with E-state index in [-0.39, 0.29) is 6.29 Å². The zero-order valence-corrected chi connectivity index (χ0v) is 10.9. The highest BCUT2D eigenvalue weighted by atomic mass is 16.7. The number of ether oxygens (including phenoxy) is 2. The van der Waals surface area contributed by atoms with Gasteiger partial charge in [-0.05, 0) is 31.4 Å². The second kappa shape index (κ2) is 8.04. The van der Waals surface area contributed by atoms with Crippen molar-refractivity contribution in [3.05, 3.63) is 48.0 Å². The van der Waals surface area contributed by atoms with Crippen molar-refractivity contribution in [1.29, 1.82) is 0 Å². The molecule has 2 nitrogen and oxygen atoms in total. The second-order valence-electron chi connectivity index (χ2n) is 3.86. The minimum absolute atomic E-state index is 0.226. The molecule has 0 aliphatic rings. The van der Waals surface area contributed by atoms with Crippen LogP contribution in [0.25, 0.3) is 0 Å². The number of hydrogen-bond donors (Lipinski definition) is 0. The molecule has 0 aliphatic carbocycles. The summed E-state index contributed by atoms with van der Waals surface area (Å²) in [4.78, 5) is 0. The molecule has 1 aromatic rings. The maximum absolute atomic E-state index is 5.46. The van der Waals surface area contributed by atoms with Crippen LogP contribution in [-0.4, -0.2) is 19.5 Å². The van der Waals surface area contributed by atoms with Crippen LogP contribution >= 0.6 is 0 Å². The molecule has 2 heteroatoms. The van der Waals surface area contributed by atoms with Gasteiger partial charge in [0.05, 0.1) is 0 Å². The molecule has 1 atom stereocenters. The summed E-state index contributed by atoms with van der Waals surface area (Å²) in [7, 11) is 0. The van der Waals surface area contributed by atoms with Crippen LogP contribution in [-0.2, 0) is 9.47 Å². The molecule has 0 aliphatic heterocycles. The van der Waals surface area contributed by atoms with E-state index in [1.807, 2.05) is 26.0 Å². The average molecular weight is 234 g/mol. The van der Waals surface area contributed by atoms with Crippen molar-refractivity contribution in [3.8, 4) is 0 Å². The van der Waals surface area contributed by atoms with E-state index in [4.69, 9.17) is 9.47 Å². The predicted molar refractivity (Wildman–Crippen MR) is 71.0 cm³/mol. The molecular weight excluding hydrogens is 212 g/mol. The molecule has 0 bridgehead atoms. The van der Waals surface area contributed by atoms with Crippen molar-refractivity contribution in [1.82, 2.24) is 0 Å². The van der Waals surface area contributed by atoms with Gasteiger partial charge in [0.25, 0.3) is 0 Å². The van der Waals surface area contributed by atoms with Crippen LogP contribution in [0.3, 0.4) is 0 Å². The molecule has 1 rings (SSSR count). The molecule has 0 spiro atoms. The topological polar surface area (TPSA) is 18.5 Å². The quantitative estimate of drug-likeness (QED) is 0.528. The Morgan fingerprint density at radius 2 is 1.59 bits per heavy atom. The molecule has 1 aromatic carbocycles. The lowest BCUT2D eigenvalue weighted by Gasteiger charge is -2.13. The molecule has 0 amide bonds. The maximum Gasteiger partial charge on any atom is 0.176 e. The first-order chi connectivity index (χ1) is 8.27. The van der Waals surface area contributed by atoms with E-state index in [2.05, 4.69) is 37.3 Å². The molecule has 0 aromatic heterocycles. The van der Waals surface area contributed by atoms with E-state index in [0.717, 1.165) is 0 Å². The van der Waals surface area contributed by atoms with Crippen LogP contribution in [0, 0.1) is 0 Å². The zero-order valence-electron chi connectivity index (χ0n) is 10.9. The van der Waals surface area contributed by atoms with Crippen LogP contribution < -0.4 is 0 Å². The Balaban J connectivity index is 2.56. The SMILES string of the molecule is CCOC(C=CC(C)c1ccccc1)OCC. The summed E-state index contributed by atoms with van der Waals surface area (Å²) in [6.07, 6.45) is 3.90. The Labute approximate surface area is 104 Å². The van der Waals surface area contributed by atoms with Crippen molar-refractivity contribution < 1.29 is 9.47 Å². The molecule has 0 heterocycles. The molecule has 0 radical (unpaired) electrons. The van der Waals surface area contributed by atoms with E-state index in [1.165, 1.54) is 5.56 Å². The van der Waals surface area contributed by atoms with Crippen molar-refractivity contribution in [2.75, 3.05) is 13.2 Å². The third-order valence-electron chi connectivity index (χ3n) is 2.54. The monoisotopic (exact) mass is 234 g/mol. The third kappa shape index (κ3) is 5.16. The van der Waals surface area contributed by atoms with Crippen LogP contribution in [0.4, 0.5) is 0 Å². The molecule has 0 saturated heterocycles. The van der Waals surface area contributed by atoms with Gasteiger partial charge in [-0.3, -0.25) is 0 Å². The van der Waals surface area contributed by atoms with Crippen molar-refractivity contribution in [3.63, 3.8) is 0 Å². The molecule has 0 N–H and O–H groups in total. The Bertz CT molecular complexity index is 313. The van der Waals surface area contributed by atoms with E-state index in [9.17, 15) is 0 Å². The van der Waals surface area contributed by atoms with Crippen molar-refractivity contribution >= 4 is 0 Å². The van der Waals surface area contributed by atoms with Gasteiger partial charge in [0.15, 0.2) is 6.29 Å². The second-order valence-corrected chi connectivity index (χ2v) is 3.86. The first-order valence-corrected chi connectivity index (χ1v) is 6.24. The minimum Gasteiger partial charge on any atom is -0.349 e. The van der Waals surface area contributed by atoms with E-state index in [1.54, 1.807) is 0 Å². The Morgan fingerprint density at radius 1 is 1.00 bits per heavy atom. The molecule has 0 saturated carbocycles. The zero-order chi connectivity index (χ0) is 12.5. The first-order valence-electron chi connectivity index (χ1n) is 6.24. The van der Waals surface area contributed by atoms with Crippen LogP contribution in [0.5, 0.6) is 0 Å². The van der Waals surface area contributed by atoms with Gasteiger partial charge >= 0.3 is 0 Å². The highest BCUT2D eigenvalue weighted by Crippen LogP contribution is 2.16. The standard InChI is InChI=1S/C15H22O2/c1-4-16-15(17-5-2)12-11-13(3)14-9-7-6-8-10-14/h6-13,15H,4-5H2,1-3H3. The highest BCUT2D eigenvalue weighted by Gasteiger charge is 2.04. The smallest absolute Gasteiger partial charge is 0.176 e. The molecule has 17 heavy (non-hydrogen) atoms. The Kier molecular flexibility index (Phi) is 6.60. The molecular formula is C15H22O2. The van der Waals surface area contributed by atoms with Gasteiger partial charge in [-0.25, -0.2) is 0 Å². The van der Waals surface area contributed by atoms with E-state index < -0.39 is 0 Å². The summed E-state index contributed by atoms with van der Waals surface area (Å²) in [5, 5.41) is 0. The third-order valence-corrected chi connectivity index (χ3v) is 2.54. The fourth-order valence-electron chi connectivity index (χ4n) is 1.61. The van der Waals surface area contributed by atoms with Gasteiger partial charge in [0, 0.05) is 13.2 Å². The fraction of sp³-hybridized carbons (Fsp3) is 0.467. The highest BCUT2D eigenvalue weighted by molar-refractivity contribution is 5.22. The Morgan fingerprint density at radius 3 is 2.12 bits per heavy atom. The minimum atomic E-state index is -0.226. The van der Waals surface area contributed by atoms with E-state index in [0.29, 0.717) is 19.1 Å². The van der Waals surface area contributed by atoms with Gasteiger partial charge in [-0.2, -0.15) is 0 Å². The van der Waals surface area contributed by atoms with Crippen molar-refractivity contribution in [2.45, 2.75) is 33.0 Å². The molecule has 0 fully saturated rings. The fourth-order valence-corrected chi connectivity index (χ4v) is 1.61. The first kappa shape index (κ1) is 13.9. The average Bonchev–Trinajstić information content (AvgIpc) is 2.37.